The summed E-state index contributed by atoms with van der Waals surface area (Å²) in [5, 5.41) is 0. The second-order valence-corrected chi connectivity index (χ2v) is 8.45. The molecule has 0 saturated heterocycles. The maximum Gasteiger partial charge on any atom is 0.303 e. The van der Waals surface area contributed by atoms with E-state index >= 15 is 0 Å². The van der Waals surface area contributed by atoms with Gasteiger partial charge in [-0.25, -0.2) is 0 Å². The Labute approximate surface area is 143 Å². The first-order valence-electron chi connectivity index (χ1n) is 9.33. The average Bonchev–Trinajstić information content (AvgIpc) is 2.83. The summed E-state index contributed by atoms with van der Waals surface area (Å²) in [5.74, 6) is 1.43. The van der Waals surface area contributed by atoms with Crippen molar-refractivity contribution in [3.05, 3.63) is 11.6 Å². The maximum atomic E-state index is 12.4. The van der Waals surface area contributed by atoms with E-state index < -0.39 is 5.60 Å². The number of ketones is 2. The summed E-state index contributed by atoms with van der Waals surface area (Å²) in [7, 11) is 0. The summed E-state index contributed by atoms with van der Waals surface area (Å²) < 4.78 is 5.96. The summed E-state index contributed by atoms with van der Waals surface area (Å²) in [6, 6.07) is 0. The van der Waals surface area contributed by atoms with Gasteiger partial charge in [0.25, 0.3) is 0 Å². The number of hydrogen-bond donors (Lipinski definition) is 0. The topological polar surface area (TPSA) is 60.4 Å². The fourth-order valence-electron chi connectivity index (χ4n) is 6.38. The highest BCUT2D eigenvalue weighted by Crippen LogP contribution is 2.62. The molecule has 3 fully saturated rings. The van der Waals surface area contributed by atoms with E-state index in [2.05, 4.69) is 6.92 Å². The third-order valence-electron chi connectivity index (χ3n) is 7.44. The van der Waals surface area contributed by atoms with Crippen molar-refractivity contribution in [2.45, 2.75) is 70.8 Å². The molecule has 0 aromatic rings. The van der Waals surface area contributed by atoms with Crippen molar-refractivity contribution in [3.8, 4) is 0 Å². The molecule has 0 heterocycles. The summed E-state index contributed by atoms with van der Waals surface area (Å²) in [5.41, 5.74) is 0.267. The van der Waals surface area contributed by atoms with Crippen LogP contribution in [0.5, 0.6) is 0 Å². The fraction of sp³-hybridized carbons (Fsp3) is 0.750. The Morgan fingerprint density at radius 3 is 2.62 bits per heavy atom. The van der Waals surface area contributed by atoms with Gasteiger partial charge in [0.15, 0.2) is 5.78 Å². The molecule has 5 unspecified atom stereocenters. The molecule has 0 N–H and O–H groups in total. The first-order chi connectivity index (χ1) is 11.4. The highest BCUT2D eigenvalue weighted by molar-refractivity contribution is 5.92. The average molecular weight is 330 g/mol. The van der Waals surface area contributed by atoms with Gasteiger partial charge < -0.3 is 4.74 Å². The molecule has 3 saturated carbocycles. The molecule has 0 aromatic carbocycles. The lowest BCUT2D eigenvalue weighted by Gasteiger charge is -2.56. The number of Topliss-reactive ketones (excluding diaryl/α,β-unsaturated/α-hetero) is 1. The predicted molar refractivity (Wildman–Crippen MR) is 88.1 cm³/mol. The Bertz CT molecular complexity index is 648. The van der Waals surface area contributed by atoms with Crippen LogP contribution in [-0.2, 0) is 19.1 Å². The Morgan fingerprint density at radius 2 is 1.88 bits per heavy atom. The highest BCUT2D eigenvalue weighted by Gasteiger charge is 2.61. The molecular weight excluding hydrogens is 304 g/mol. The van der Waals surface area contributed by atoms with Gasteiger partial charge in [-0.3, -0.25) is 14.4 Å². The Morgan fingerprint density at radius 1 is 1.08 bits per heavy atom. The second-order valence-electron chi connectivity index (χ2n) is 8.45. The zero-order valence-electron chi connectivity index (χ0n) is 14.6. The van der Waals surface area contributed by atoms with Crippen LogP contribution in [0.4, 0.5) is 0 Å². The SMILES string of the molecule is CC(=O)OC12CCC(=O)C=C1CCC1C3CCC(=O)C3(C)CCC12. The molecule has 0 spiro atoms. The Kier molecular flexibility index (Phi) is 3.52. The van der Waals surface area contributed by atoms with Gasteiger partial charge in [0.05, 0.1) is 0 Å². The number of hydrogen-bond acceptors (Lipinski definition) is 4. The normalized spacial score (nSPS) is 44.2. The van der Waals surface area contributed by atoms with Crippen molar-refractivity contribution in [2.24, 2.45) is 23.2 Å². The van der Waals surface area contributed by atoms with Crippen LogP contribution in [0.3, 0.4) is 0 Å². The number of rotatable bonds is 1. The van der Waals surface area contributed by atoms with Gasteiger partial charge in [0.1, 0.15) is 11.4 Å². The molecule has 4 nitrogen and oxygen atoms in total. The van der Waals surface area contributed by atoms with Crippen molar-refractivity contribution >= 4 is 17.5 Å². The van der Waals surface area contributed by atoms with E-state index in [4.69, 9.17) is 4.74 Å². The highest BCUT2D eigenvalue weighted by atomic mass is 16.6. The number of fused-ring (bicyclic) bond motifs is 5. The maximum absolute atomic E-state index is 12.4. The van der Waals surface area contributed by atoms with Gasteiger partial charge in [-0.2, -0.15) is 0 Å². The molecular formula is C20H26O4. The quantitative estimate of drug-likeness (QED) is 0.692. The van der Waals surface area contributed by atoms with Crippen LogP contribution in [-0.4, -0.2) is 23.1 Å². The molecule has 0 aromatic heterocycles. The standard InChI is InChI=1S/C20H26O4/c1-12(21)24-20-10-7-14(22)11-13(20)3-4-15-16-5-6-18(23)19(16,2)9-8-17(15)20/h11,15-17H,3-10H2,1-2H3. The van der Waals surface area contributed by atoms with E-state index in [1.807, 2.05) is 0 Å². The lowest BCUT2D eigenvalue weighted by Crippen LogP contribution is -2.57. The van der Waals surface area contributed by atoms with Crippen LogP contribution in [0.15, 0.2) is 11.6 Å². The van der Waals surface area contributed by atoms with E-state index in [0.717, 1.165) is 37.7 Å². The number of esters is 1. The van der Waals surface area contributed by atoms with Crippen LogP contribution < -0.4 is 0 Å². The Balaban J connectivity index is 1.74. The van der Waals surface area contributed by atoms with Gasteiger partial charge in [0.2, 0.25) is 0 Å². The Hall–Kier alpha value is -1.45. The van der Waals surface area contributed by atoms with Crippen LogP contribution >= 0.6 is 0 Å². The number of carbonyl (C=O) groups is 3. The van der Waals surface area contributed by atoms with Crippen molar-refractivity contribution in [1.82, 2.24) is 0 Å². The van der Waals surface area contributed by atoms with Gasteiger partial charge >= 0.3 is 5.97 Å². The predicted octanol–water partition coefficient (Wildman–Crippen LogP) is 3.38. The zero-order valence-corrected chi connectivity index (χ0v) is 14.6. The van der Waals surface area contributed by atoms with Gasteiger partial charge in [-0.05, 0) is 62.0 Å². The molecule has 0 amide bonds. The van der Waals surface area contributed by atoms with Crippen LogP contribution in [0, 0.1) is 23.2 Å². The van der Waals surface area contributed by atoms with Crippen molar-refractivity contribution in [2.75, 3.05) is 0 Å². The van der Waals surface area contributed by atoms with E-state index in [1.165, 1.54) is 6.92 Å². The summed E-state index contributed by atoms with van der Waals surface area (Å²) in [4.78, 5) is 36.2. The molecule has 4 rings (SSSR count). The third kappa shape index (κ3) is 2.07. The second kappa shape index (κ2) is 5.27. The zero-order chi connectivity index (χ0) is 17.1. The smallest absolute Gasteiger partial charge is 0.303 e. The molecule has 4 aliphatic carbocycles. The summed E-state index contributed by atoms with van der Waals surface area (Å²) in [6.45, 7) is 3.62. The molecule has 5 atom stereocenters. The summed E-state index contributed by atoms with van der Waals surface area (Å²) >= 11 is 0. The van der Waals surface area contributed by atoms with Crippen molar-refractivity contribution < 1.29 is 19.1 Å². The van der Waals surface area contributed by atoms with E-state index in [0.29, 0.717) is 36.9 Å². The minimum Gasteiger partial charge on any atom is -0.454 e. The van der Waals surface area contributed by atoms with Crippen LogP contribution in [0.2, 0.25) is 0 Å². The van der Waals surface area contributed by atoms with Gasteiger partial charge in [-0.15, -0.1) is 0 Å². The largest absolute Gasteiger partial charge is 0.454 e. The first-order valence-corrected chi connectivity index (χ1v) is 9.33. The minimum absolute atomic E-state index is 0.155. The lowest BCUT2D eigenvalue weighted by molar-refractivity contribution is -0.175. The fourth-order valence-corrected chi connectivity index (χ4v) is 6.38. The molecule has 4 heteroatoms. The monoisotopic (exact) mass is 330 g/mol. The number of carbonyl (C=O) groups excluding carboxylic acids is 3. The molecule has 0 aliphatic heterocycles. The van der Waals surface area contributed by atoms with E-state index in [-0.39, 0.29) is 23.1 Å². The van der Waals surface area contributed by atoms with Crippen molar-refractivity contribution in [1.29, 1.82) is 0 Å². The molecule has 0 radical (unpaired) electrons. The van der Waals surface area contributed by atoms with Crippen LogP contribution in [0.25, 0.3) is 0 Å². The molecule has 0 bridgehead atoms. The first kappa shape index (κ1) is 16.0. The van der Waals surface area contributed by atoms with E-state index in [9.17, 15) is 14.4 Å². The summed E-state index contributed by atoms with van der Waals surface area (Å²) in [6.07, 6.45) is 8.15. The molecule has 4 aliphatic rings. The molecule has 24 heavy (non-hydrogen) atoms. The third-order valence-corrected chi connectivity index (χ3v) is 7.44. The minimum atomic E-state index is -0.588. The van der Waals surface area contributed by atoms with E-state index in [1.54, 1.807) is 6.08 Å². The van der Waals surface area contributed by atoms with Crippen molar-refractivity contribution in [3.63, 3.8) is 0 Å². The number of ether oxygens (including phenoxy) is 1. The van der Waals surface area contributed by atoms with Gasteiger partial charge in [0, 0.05) is 31.1 Å². The van der Waals surface area contributed by atoms with Gasteiger partial charge in [-0.1, -0.05) is 6.92 Å². The molecule has 130 valence electrons. The van der Waals surface area contributed by atoms with Crippen LogP contribution in [0.1, 0.15) is 65.2 Å². The lowest BCUT2D eigenvalue weighted by atomic mass is 9.50.